The minimum atomic E-state index is -7.09. The molecule has 1 fully saturated rings. The van der Waals surface area contributed by atoms with Crippen molar-refractivity contribution in [2.75, 3.05) is 0 Å². The first-order valence-corrected chi connectivity index (χ1v) is 9.33. The predicted octanol–water partition coefficient (Wildman–Crippen LogP) is 0.740. The van der Waals surface area contributed by atoms with Gasteiger partial charge in [0.1, 0.15) is 6.04 Å². The van der Waals surface area contributed by atoms with Crippen LogP contribution in [0.3, 0.4) is 0 Å². The highest BCUT2D eigenvalue weighted by Gasteiger charge is 2.84. The van der Waals surface area contributed by atoms with Crippen molar-refractivity contribution >= 4 is 20.1 Å². The van der Waals surface area contributed by atoms with E-state index in [1.807, 2.05) is 0 Å². The van der Waals surface area contributed by atoms with Gasteiger partial charge in [-0.05, 0) is 12.8 Å². The van der Waals surface area contributed by atoms with Crippen molar-refractivity contribution in [3.05, 3.63) is 5.21 Å². The van der Waals surface area contributed by atoms with E-state index in [4.69, 9.17) is 4.55 Å². The fourth-order valence-corrected chi connectivity index (χ4v) is 4.09. The fourth-order valence-electron chi connectivity index (χ4n) is 2.18. The van der Waals surface area contributed by atoms with Crippen molar-refractivity contribution in [1.29, 1.82) is 0 Å². The number of nitrogens with one attached hydrogen (secondary N) is 1. The first-order chi connectivity index (χ1) is 10.5. The van der Waals surface area contributed by atoms with E-state index in [1.54, 1.807) is 0 Å². The Morgan fingerprint density at radius 2 is 1.29 bits per heavy atom. The van der Waals surface area contributed by atoms with E-state index >= 15 is 0 Å². The summed E-state index contributed by atoms with van der Waals surface area (Å²) >= 11 is 0. The van der Waals surface area contributed by atoms with Gasteiger partial charge < -0.3 is 5.21 Å². The summed E-state index contributed by atoms with van der Waals surface area (Å²) in [4.78, 5) is 0. The Morgan fingerprint density at radius 1 is 0.875 bits per heavy atom. The van der Waals surface area contributed by atoms with Gasteiger partial charge >= 0.3 is 36.6 Å². The molecule has 1 unspecified atom stereocenters. The van der Waals surface area contributed by atoms with Crippen LogP contribution < -0.4 is 4.47 Å². The Bertz CT molecular complexity index is 673. The predicted molar refractivity (Wildman–Crippen MR) is 66.5 cm³/mol. The zero-order chi connectivity index (χ0) is 19.2. The zero-order valence-corrected chi connectivity index (χ0v) is 13.3. The lowest BCUT2D eigenvalue weighted by molar-refractivity contribution is -0.746. The van der Waals surface area contributed by atoms with Crippen LogP contribution in [0.2, 0.25) is 0 Å². The average Bonchev–Trinajstić information content (AvgIpc) is 2.45. The van der Waals surface area contributed by atoms with Gasteiger partial charge in [0, 0.05) is 12.8 Å². The molecule has 1 saturated carbocycles. The van der Waals surface area contributed by atoms with Gasteiger partial charge in [-0.2, -0.15) is 43.2 Å². The van der Waals surface area contributed by atoms with Crippen molar-refractivity contribution < 1.29 is 52.2 Å². The molecule has 0 aromatic carbocycles. The highest BCUT2D eigenvalue weighted by Crippen LogP contribution is 2.49. The number of sulfonamides is 1. The number of halogens is 6. The third kappa shape index (κ3) is 3.11. The number of hydroxylamine groups is 1. The van der Waals surface area contributed by atoms with Crippen LogP contribution in [0.4, 0.5) is 26.3 Å². The molecule has 15 heteroatoms. The van der Waals surface area contributed by atoms with Gasteiger partial charge in [-0.3, -0.25) is 9.02 Å². The number of quaternary nitrogens is 1. The minimum absolute atomic E-state index is 0.214. The lowest BCUT2D eigenvalue weighted by atomic mass is 9.96. The summed E-state index contributed by atoms with van der Waals surface area (Å²) in [5, 5.41) is -1.94. The third-order valence-corrected chi connectivity index (χ3v) is 6.29. The molecule has 0 amide bonds. The molecule has 7 nitrogen and oxygen atoms in total. The number of hydrogen-bond acceptors (Lipinski definition) is 5. The SMILES string of the molecule is O=S(=O)(O)C(F)(F)C(F)(F)C(F)(F)S(=O)(=O)[NH+]([O-])C1CCCCC1. The van der Waals surface area contributed by atoms with Gasteiger partial charge in [0.15, 0.2) is 0 Å². The Balaban J connectivity index is 3.34. The van der Waals surface area contributed by atoms with Crippen LogP contribution in [0.5, 0.6) is 0 Å². The molecule has 1 aliphatic rings. The fraction of sp³-hybridized carbons (Fsp3) is 1.00. The van der Waals surface area contributed by atoms with E-state index in [0.717, 1.165) is 0 Å². The molecule has 2 N–H and O–H groups in total. The molecule has 24 heavy (non-hydrogen) atoms. The van der Waals surface area contributed by atoms with E-state index in [-0.39, 0.29) is 25.7 Å². The number of alkyl halides is 6. The van der Waals surface area contributed by atoms with Crippen LogP contribution in [0, 0.1) is 5.21 Å². The van der Waals surface area contributed by atoms with Crippen LogP contribution in [-0.2, 0) is 20.1 Å². The first kappa shape index (κ1) is 21.4. The van der Waals surface area contributed by atoms with Crippen LogP contribution in [0.25, 0.3) is 0 Å². The molecule has 1 rings (SSSR count). The van der Waals surface area contributed by atoms with E-state index < -0.39 is 47.1 Å². The summed E-state index contributed by atoms with van der Waals surface area (Å²) < 4.78 is 129. The highest BCUT2D eigenvalue weighted by atomic mass is 32.2. The maximum Gasteiger partial charge on any atom is 0.465 e. The molecule has 1 aliphatic carbocycles. The standard InChI is InChI=1S/C9H13F6NO6S2/c10-7(11,9(14,15)24(20,21)22)8(12,13)23(18,19)16(17)6-4-2-1-3-5-6/h6,16H,1-5H2,(H,20,21,22). The van der Waals surface area contributed by atoms with Gasteiger partial charge in [0.2, 0.25) is 0 Å². The van der Waals surface area contributed by atoms with Crippen molar-refractivity contribution in [2.24, 2.45) is 0 Å². The van der Waals surface area contributed by atoms with E-state index in [9.17, 15) is 48.4 Å². The summed E-state index contributed by atoms with van der Waals surface area (Å²) in [6.07, 6.45) is 0.601. The number of rotatable bonds is 6. The minimum Gasteiger partial charge on any atom is -0.618 e. The van der Waals surface area contributed by atoms with Gasteiger partial charge in [-0.15, -0.1) is 0 Å². The molecule has 144 valence electrons. The van der Waals surface area contributed by atoms with Gasteiger partial charge in [0.25, 0.3) is 0 Å². The topological polar surface area (TPSA) is 116 Å². The van der Waals surface area contributed by atoms with Gasteiger partial charge in [0.05, 0.1) is 0 Å². The monoisotopic (exact) mass is 409 g/mol. The molecule has 0 heterocycles. The molecule has 0 aromatic heterocycles. The largest absolute Gasteiger partial charge is 0.618 e. The average molecular weight is 409 g/mol. The van der Waals surface area contributed by atoms with Crippen molar-refractivity contribution in [2.45, 2.75) is 54.6 Å². The maximum absolute atomic E-state index is 13.6. The Morgan fingerprint density at radius 3 is 1.67 bits per heavy atom. The van der Waals surface area contributed by atoms with Crippen molar-refractivity contribution in [3.8, 4) is 0 Å². The molecule has 1 atom stereocenters. The van der Waals surface area contributed by atoms with Crippen LogP contribution in [0.1, 0.15) is 32.1 Å². The smallest absolute Gasteiger partial charge is 0.465 e. The Kier molecular flexibility index (Phi) is 5.59. The van der Waals surface area contributed by atoms with E-state index in [0.29, 0.717) is 6.42 Å². The van der Waals surface area contributed by atoms with Crippen LogP contribution >= 0.6 is 0 Å². The summed E-state index contributed by atoms with van der Waals surface area (Å²) in [6, 6.07) is -1.58. The normalized spacial score (nSPS) is 20.8. The summed E-state index contributed by atoms with van der Waals surface area (Å²) in [7, 11) is -13.9. The highest BCUT2D eigenvalue weighted by molar-refractivity contribution is 7.87. The Hall–Kier alpha value is -0.640. The molecule has 0 aliphatic heterocycles. The quantitative estimate of drug-likeness (QED) is 0.380. The lowest BCUT2D eigenvalue weighted by Crippen LogP contribution is -3.15. The summed E-state index contributed by atoms with van der Waals surface area (Å²) in [6.45, 7) is 0. The van der Waals surface area contributed by atoms with E-state index in [1.165, 1.54) is 0 Å². The molecule has 0 spiro atoms. The second-order valence-corrected chi connectivity index (χ2v) is 8.63. The van der Waals surface area contributed by atoms with Crippen molar-refractivity contribution in [1.82, 2.24) is 0 Å². The zero-order valence-electron chi connectivity index (χ0n) is 11.7. The second-order valence-electron chi connectivity index (χ2n) is 5.24. The second kappa shape index (κ2) is 6.26. The molecule has 0 bridgehead atoms. The first-order valence-electron chi connectivity index (χ1n) is 6.40. The lowest BCUT2D eigenvalue weighted by Gasteiger charge is -2.37. The summed E-state index contributed by atoms with van der Waals surface area (Å²) in [5.41, 5.74) is 0. The molecular formula is C9H13F6NO6S2. The van der Waals surface area contributed by atoms with E-state index in [2.05, 4.69) is 0 Å². The number of hydrogen-bond donors (Lipinski definition) is 2. The van der Waals surface area contributed by atoms with Crippen LogP contribution in [-0.4, -0.2) is 43.9 Å². The molecule has 0 saturated heterocycles. The third-order valence-electron chi connectivity index (χ3n) is 3.60. The summed E-state index contributed by atoms with van der Waals surface area (Å²) in [5.74, 6) is -7.07. The van der Waals surface area contributed by atoms with Gasteiger partial charge in [-0.25, -0.2) is 0 Å². The molecular weight excluding hydrogens is 396 g/mol. The van der Waals surface area contributed by atoms with Crippen molar-refractivity contribution in [3.63, 3.8) is 0 Å². The maximum atomic E-state index is 13.6. The van der Waals surface area contributed by atoms with Crippen LogP contribution in [0.15, 0.2) is 0 Å². The molecule has 0 radical (unpaired) electrons. The van der Waals surface area contributed by atoms with Gasteiger partial charge in [-0.1, -0.05) is 6.42 Å². The molecule has 0 aromatic rings. The Labute approximate surface area is 133 Å².